The smallest absolute Gasteiger partial charge is 0.404 e. The first kappa shape index (κ1) is 36.5. The van der Waals surface area contributed by atoms with Gasteiger partial charge in [0.05, 0.1) is 23.2 Å². The minimum atomic E-state index is -4.49. The number of carbonyl (C=O) groups excluding carboxylic acids is 1. The van der Waals surface area contributed by atoms with Crippen molar-refractivity contribution in [1.82, 2.24) is 14.9 Å². The topological polar surface area (TPSA) is 94.5 Å². The first-order valence-electron chi connectivity index (χ1n) is 18.4. The number of aryl methyl sites for hydroxylation is 1. The maximum absolute atomic E-state index is 14.4. The zero-order valence-electron chi connectivity index (χ0n) is 30.3. The molecule has 7 atom stereocenters. The molecule has 8 rings (SSSR count). The predicted molar refractivity (Wildman–Crippen MR) is 195 cm³/mol. The summed E-state index contributed by atoms with van der Waals surface area (Å²) in [6, 6.07) is 14.3. The Morgan fingerprint density at radius 3 is 2.58 bits per heavy atom. The first-order valence-corrected chi connectivity index (χ1v) is 18.4. The van der Waals surface area contributed by atoms with Crippen LogP contribution in [0.4, 0.5) is 19.0 Å². The van der Waals surface area contributed by atoms with E-state index in [1.54, 1.807) is 18.3 Å². The lowest BCUT2D eigenvalue weighted by Crippen LogP contribution is -2.65. The molecule has 3 saturated carbocycles. The lowest BCUT2D eigenvalue weighted by molar-refractivity contribution is -0.199. The van der Waals surface area contributed by atoms with Crippen molar-refractivity contribution in [2.75, 3.05) is 5.32 Å². The summed E-state index contributed by atoms with van der Waals surface area (Å²) in [6.07, 6.45) is 4.05. The second-order valence-corrected chi connectivity index (χ2v) is 16.3. The number of halogens is 3. The van der Waals surface area contributed by atoms with Crippen LogP contribution in [-0.2, 0) is 38.7 Å². The van der Waals surface area contributed by atoms with E-state index in [2.05, 4.69) is 62.0 Å². The molecule has 4 fully saturated rings. The van der Waals surface area contributed by atoms with Crippen LogP contribution in [-0.4, -0.2) is 40.2 Å². The van der Waals surface area contributed by atoms with Crippen molar-refractivity contribution in [2.24, 2.45) is 17.3 Å². The summed E-state index contributed by atoms with van der Waals surface area (Å²) in [6.45, 7) is 12.7. The molecule has 3 aromatic rings. The first-order chi connectivity index (χ1) is 24.6. The standard InChI is InChI=1S/C40H48BF3N4O4/c1-6-12-33(41-51-32-21-28-20-30(37(28,2)3)39(32,5)52-41)47-35(49)29-22-38(4,18-11-16-25-13-8-7-9-14-25)31-24-46-34(36(50)48(29)31)45-23-26-15-10-17-27(19-26)40(42,43)44/h6-10,13-15,17,19,24,28-30,32-33H,1,11-12,16,18,20-23H2,2-5H3,(H,45,46)(H,47,49)/t28-,29-,30-,32+,33-,38-,39-/m0/s1. The van der Waals surface area contributed by atoms with Crippen molar-refractivity contribution < 1.29 is 27.3 Å². The maximum atomic E-state index is 14.4. The van der Waals surface area contributed by atoms with E-state index < -0.39 is 47.4 Å². The summed E-state index contributed by atoms with van der Waals surface area (Å²) in [5.74, 6) is 0.0686. The van der Waals surface area contributed by atoms with Crippen LogP contribution in [0.1, 0.15) is 94.6 Å². The molecule has 8 nitrogen and oxygen atoms in total. The Hall–Kier alpha value is -3.90. The second-order valence-electron chi connectivity index (χ2n) is 16.3. The van der Waals surface area contributed by atoms with Crippen molar-refractivity contribution in [3.63, 3.8) is 0 Å². The van der Waals surface area contributed by atoms with Gasteiger partial charge in [0.2, 0.25) is 5.91 Å². The number of aromatic nitrogens is 2. The van der Waals surface area contributed by atoms with Gasteiger partial charge in [-0.2, -0.15) is 13.2 Å². The molecule has 52 heavy (non-hydrogen) atoms. The van der Waals surface area contributed by atoms with E-state index in [0.717, 1.165) is 37.8 Å². The molecule has 0 radical (unpaired) electrons. The van der Waals surface area contributed by atoms with Crippen LogP contribution in [0.2, 0.25) is 0 Å². The van der Waals surface area contributed by atoms with E-state index in [9.17, 15) is 22.8 Å². The van der Waals surface area contributed by atoms with Gasteiger partial charge in [0.25, 0.3) is 5.56 Å². The predicted octanol–water partition coefficient (Wildman–Crippen LogP) is 7.43. The SMILES string of the molecule is C=CC[C@H](NC(=O)[C@@H]1C[C@](C)(CCCc2ccccc2)c2cnc(NCc3cccc(C(F)(F)F)c3)c(=O)n21)B1O[C@@H]2C[C@@H]3C[C@@H](C3(C)C)[C@]2(C)O1. The number of rotatable bonds is 12. The highest BCUT2D eigenvalue weighted by molar-refractivity contribution is 6.48. The zero-order chi connectivity index (χ0) is 37.1. The molecule has 0 unspecified atom stereocenters. The second kappa shape index (κ2) is 13.5. The van der Waals surface area contributed by atoms with Crippen LogP contribution < -0.4 is 16.2 Å². The lowest BCUT2D eigenvalue weighted by Gasteiger charge is -2.64. The van der Waals surface area contributed by atoms with Crippen LogP contribution in [0.15, 0.2) is 78.2 Å². The largest absolute Gasteiger partial charge is 0.482 e. The Morgan fingerprint density at radius 2 is 1.87 bits per heavy atom. The molecule has 2 bridgehead atoms. The summed E-state index contributed by atoms with van der Waals surface area (Å²) < 4.78 is 54.9. The quantitative estimate of drug-likeness (QED) is 0.150. The fourth-order valence-corrected chi connectivity index (χ4v) is 9.55. The van der Waals surface area contributed by atoms with Crippen molar-refractivity contribution in [3.05, 3.63) is 106 Å². The molecule has 1 aromatic heterocycles. The lowest BCUT2D eigenvalue weighted by atomic mass is 9.43. The molecule has 1 saturated heterocycles. The molecular weight excluding hydrogens is 668 g/mol. The van der Waals surface area contributed by atoms with Crippen LogP contribution in [0, 0.1) is 17.3 Å². The number of carbonyl (C=O) groups is 1. The van der Waals surface area contributed by atoms with Gasteiger partial charge in [0.1, 0.15) is 6.04 Å². The number of nitrogens with zero attached hydrogens (tertiary/aromatic N) is 2. The molecule has 2 aromatic carbocycles. The fraction of sp³-hybridized carbons (Fsp3) is 0.525. The zero-order valence-corrected chi connectivity index (χ0v) is 30.3. The number of fused-ring (bicyclic) bond motifs is 1. The average Bonchev–Trinajstić information content (AvgIpc) is 3.62. The third-order valence-electron chi connectivity index (χ3n) is 12.7. The summed E-state index contributed by atoms with van der Waals surface area (Å²) in [4.78, 5) is 33.1. The number of nitrogens with one attached hydrogen (secondary N) is 2. The fourth-order valence-electron chi connectivity index (χ4n) is 9.55. The van der Waals surface area contributed by atoms with Crippen molar-refractivity contribution in [1.29, 1.82) is 0 Å². The number of alkyl halides is 3. The van der Waals surface area contributed by atoms with Gasteiger partial charge in [-0.1, -0.05) is 69.3 Å². The number of amides is 1. The Kier molecular flexibility index (Phi) is 9.47. The number of benzene rings is 2. The van der Waals surface area contributed by atoms with Gasteiger partial charge in [0.15, 0.2) is 5.82 Å². The monoisotopic (exact) mass is 716 g/mol. The van der Waals surface area contributed by atoms with Gasteiger partial charge in [0, 0.05) is 23.9 Å². The van der Waals surface area contributed by atoms with Gasteiger partial charge in [-0.15, -0.1) is 6.58 Å². The van der Waals surface area contributed by atoms with Gasteiger partial charge in [-0.25, -0.2) is 4.98 Å². The summed E-state index contributed by atoms with van der Waals surface area (Å²) in [5, 5.41) is 6.14. The molecule has 3 heterocycles. The summed E-state index contributed by atoms with van der Waals surface area (Å²) in [7, 11) is -0.663. The average molecular weight is 717 g/mol. The highest BCUT2D eigenvalue weighted by atomic mass is 19.4. The van der Waals surface area contributed by atoms with Crippen LogP contribution in [0.3, 0.4) is 0 Å². The number of hydrogen-bond donors (Lipinski definition) is 2. The molecule has 276 valence electrons. The third kappa shape index (κ3) is 6.50. The Morgan fingerprint density at radius 1 is 1.12 bits per heavy atom. The normalized spacial score (nSPS) is 29.1. The van der Waals surface area contributed by atoms with Gasteiger partial charge in [-0.05, 0) is 92.4 Å². The highest BCUT2D eigenvalue weighted by Gasteiger charge is 2.68. The van der Waals surface area contributed by atoms with E-state index in [1.807, 2.05) is 18.2 Å². The van der Waals surface area contributed by atoms with E-state index >= 15 is 0 Å². The van der Waals surface area contributed by atoms with Crippen LogP contribution in [0.5, 0.6) is 0 Å². The molecule has 2 aliphatic heterocycles. The maximum Gasteiger partial charge on any atom is 0.482 e. The van der Waals surface area contributed by atoms with E-state index in [1.165, 1.54) is 16.2 Å². The summed E-state index contributed by atoms with van der Waals surface area (Å²) in [5.41, 5.74) is 0.129. The van der Waals surface area contributed by atoms with E-state index in [4.69, 9.17) is 9.31 Å². The van der Waals surface area contributed by atoms with Crippen LogP contribution in [0.25, 0.3) is 0 Å². The molecule has 12 heteroatoms. The van der Waals surface area contributed by atoms with Crippen molar-refractivity contribution >= 4 is 18.8 Å². The minimum Gasteiger partial charge on any atom is -0.404 e. The van der Waals surface area contributed by atoms with Gasteiger partial charge in [-0.3, -0.25) is 14.2 Å². The molecule has 0 spiro atoms. The van der Waals surface area contributed by atoms with E-state index in [-0.39, 0.29) is 29.8 Å². The Labute approximate surface area is 303 Å². The number of hydrogen-bond acceptors (Lipinski definition) is 6. The number of anilines is 1. The molecule has 3 aliphatic carbocycles. The third-order valence-corrected chi connectivity index (χ3v) is 12.7. The molecule has 2 N–H and O–H groups in total. The molecule has 5 aliphatic rings. The Balaban J connectivity index is 1.14. The van der Waals surface area contributed by atoms with Crippen LogP contribution >= 0.6 is 0 Å². The highest BCUT2D eigenvalue weighted by Crippen LogP contribution is 2.65. The summed E-state index contributed by atoms with van der Waals surface area (Å²) >= 11 is 0. The molecular formula is C40H48BF3N4O4. The molecule has 1 amide bonds. The van der Waals surface area contributed by atoms with Crippen molar-refractivity contribution in [2.45, 2.75) is 114 Å². The van der Waals surface area contributed by atoms with Gasteiger partial charge >= 0.3 is 13.3 Å². The minimum absolute atomic E-state index is 0.0313. The Bertz CT molecular complexity index is 1890. The van der Waals surface area contributed by atoms with Crippen molar-refractivity contribution in [3.8, 4) is 0 Å². The van der Waals surface area contributed by atoms with E-state index in [0.29, 0.717) is 42.4 Å². The van der Waals surface area contributed by atoms with Gasteiger partial charge < -0.3 is 19.9 Å².